The molecule has 2 fully saturated rings. The molecule has 35 heavy (non-hydrogen) atoms. The second kappa shape index (κ2) is 8.95. The molecule has 5 rings (SSSR count). The van der Waals surface area contributed by atoms with E-state index < -0.39 is 11.4 Å². The summed E-state index contributed by atoms with van der Waals surface area (Å²) in [7, 11) is 0. The number of hydrogen-bond donors (Lipinski definition) is 1. The highest BCUT2D eigenvalue weighted by molar-refractivity contribution is 6.42. The van der Waals surface area contributed by atoms with Crippen LogP contribution in [0.1, 0.15) is 27.2 Å². The van der Waals surface area contributed by atoms with Crippen molar-refractivity contribution in [3.63, 3.8) is 0 Å². The zero-order valence-electron chi connectivity index (χ0n) is 19.6. The maximum absolute atomic E-state index is 14.6. The number of hydrogen-bond acceptors (Lipinski definition) is 7. The van der Waals surface area contributed by atoms with Crippen molar-refractivity contribution >= 4 is 57.7 Å². The van der Waals surface area contributed by atoms with Crippen LogP contribution in [0, 0.1) is 11.7 Å². The number of pyridine rings is 1. The molecule has 0 saturated carbocycles. The number of amides is 1. The molecule has 1 amide bonds. The summed E-state index contributed by atoms with van der Waals surface area (Å²) < 4.78 is 20.2. The fraction of sp³-hybridized carbons (Fsp3) is 0.417. The van der Waals surface area contributed by atoms with Gasteiger partial charge in [-0.3, -0.25) is 0 Å². The van der Waals surface area contributed by atoms with Gasteiger partial charge < -0.3 is 19.9 Å². The van der Waals surface area contributed by atoms with Crippen molar-refractivity contribution < 1.29 is 13.9 Å². The minimum atomic E-state index is -0.669. The SMILES string of the molecule is CC(C)(C)OC(=O)N1CC2CCN(c3ccc4ncnc(Nc5ccc(Cl)c(Cl)c5F)c4n3)C2C1. The van der Waals surface area contributed by atoms with Crippen LogP contribution < -0.4 is 10.2 Å². The number of nitrogens with zero attached hydrogens (tertiary/aromatic N) is 5. The third kappa shape index (κ3) is 4.67. The van der Waals surface area contributed by atoms with E-state index in [9.17, 15) is 9.18 Å². The number of carbonyl (C=O) groups is 1. The maximum atomic E-state index is 14.6. The monoisotopic (exact) mass is 518 g/mol. The summed E-state index contributed by atoms with van der Waals surface area (Å²) in [6.07, 6.45) is 2.05. The van der Waals surface area contributed by atoms with E-state index in [1.54, 1.807) is 4.90 Å². The van der Waals surface area contributed by atoms with E-state index in [0.29, 0.717) is 35.9 Å². The van der Waals surface area contributed by atoms with Crippen LogP contribution in [-0.2, 0) is 4.74 Å². The Morgan fingerprint density at radius 2 is 1.97 bits per heavy atom. The Balaban J connectivity index is 1.41. The van der Waals surface area contributed by atoms with Gasteiger partial charge >= 0.3 is 6.09 Å². The Kier molecular flexibility index (Phi) is 6.09. The zero-order chi connectivity index (χ0) is 24.9. The van der Waals surface area contributed by atoms with Gasteiger partial charge in [0, 0.05) is 25.6 Å². The van der Waals surface area contributed by atoms with Gasteiger partial charge in [-0.25, -0.2) is 24.1 Å². The first kappa shape index (κ1) is 23.8. The first-order chi connectivity index (χ1) is 16.6. The van der Waals surface area contributed by atoms with Crippen molar-refractivity contribution in [3.8, 4) is 0 Å². The summed E-state index contributed by atoms with van der Waals surface area (Å²) in [6.45, 7) is 7.66. The van der Waals surface area contributed by atoms with Gasteiger partial charge in [0.1, 0.15) is 23.3 Å². The number of fused-ring (bicyclic) bond motifs is 2. The highest BCUT2D eigenvalue weighted by atomic mass is 35.5. The molecule has 0 bridgehead atoms. The molecule has 0 aliphatic carbocycles. The normalized spacial score (nSPS) is 19.8. The van der Waals surface area contributed by atoms with Crippen LogP contribution in [0.5, 0.6) is 0 Å². The van der Waals surface area contributed by atoms with Gasteiger partial charge in [-0.05, 0) is 51.5 Å². The van der Waals surface area contributed by atoms with Crippen LogP contribution in [0.4, 0.5) is 26.5 Å². The molecule has 1 aromatic carbocycles. The first-order valence-electron chi connectivity index (χ1n) is 11.4. The quantitative estimate of drug-likeness (QED) is 0.447. The molecule has 2 atom stereocenters. The average molecular weight is 519 g/mol. The molecular formula is C24H25Cl2FN6O2. The number of carbonyl (C=O) groups excluding carboxylic acids is 1. The van der Waals surface area contributed by atoms with E-state index in [-0.39, 0.29) is 27.9 Å². The molecule has 11 heteroatoms. The minimum Gasteiger partial charge on any atom is -0.444 e. The van der Waals surface area contributed by atoms with Gasteiger partial charge in [0.15, 0.2) is 11.6 Å². The lowest BCUT2D eigenvalue weighted by molar-refractivity contribution is 0.0284. The zero-order valence-corrected chi connectivity index (χ0v) is 21.1. The second-order valence-corrected chi connectivity index (χ2v) is 10.6. The molecule has 2 unspecified atom stereocenters. The van der Waals surface area contributed by atoms with Crippen LogP contribution in [0.2, 0.25) is 10.0 Å². The lowest BCUT2D eigenvalue weighted by Crippen LogP contribution is -2.39. The smallest absolute Gasteiger partial charge is 0.410 e. The van der Waals surface area contributed by atoms with Crippen molar-refractivity contribution in [2.24, 2.45) is 5.92 Å². The van der Waals surface area contributed by atoms with Crippen molar-refractivity contribution in [2.45, 2.75) is 38.8 Å². The molecule has 8 nitrogen and oxygen atoms in total. The lowest BCUT2D eigenvalue weighted by Gasteiger charge is -2.27. The average Bonchev–Trinajstić information content (AvgIpc) is 3.39. The number of ether oxygens (including phenoxy) is 1. The van der Waals surface area contributed by atoms with E-state index in [2.05, 4.69) is 20.2 Å². The molecule has 2 aliphatic heterocycles. The van der Waals surface area contributed by atoms with Crippen LogP contribution in [0.25, 0.3) is 11.0 Å². The number of nitrogens with one attached hydrogen (secondary N) is 1. The van der Waals surface area contributed by atoms with Gasteiger partial charge in [0.25, 0.3) is 0 Å². The van der Waals surface area contributed by atoms with Gasteiger partial charge in [0.05, 0.1) is 27.3 Å². The third-order valence-electron chi connectivity index (χ3n) is 6.25. The van der Waals surface area contributed by atoms with Crippen molar-refractivity contribution in [2.75, 3.05) is 29.9 Å². The van der Waals surface area contributed by atoms with Crippen LogP contribution in [-0.4, -0.2) is 57.2 Å². The maximum Gasteiger partial charge on any atom is 0.410 e. The summed E-state index contributed by atoms with van der Waals surface area (Å²) in [5.74, 6) is 0.780. The summed E-state index contributed by atoms with van der Waals surface area (Å²) in [6, 6.07) is 6.93. The number of benzene rings is 1. The molecule has 0 radical (unpaired) electrons. The third-order valence-corrected chi connectivity index (χ3v) is 7.03. The highest BCUT2D eigenvalue weighted by Gasteiger charge is 2.44. The minimum absolute atomic E-state index is 0.128. The van der Waals surface area contributed by atoms with E-state index in [4.69, 9.17) is 32.9 Å². The van der Waals surface area contributed by atoms with E-state index >= 15 is 0 Å². The van der Waals surface area contributed by atoms with Crippen molar-refractivity contribution in [1.82, 2.24) is 19.9 Å². The van der Waals surface area contributed by atoms with Crippen LogP contribution in [0.3, 0.4) is 0 Å². The van der Waals surface area contributed by atoms with Gasteiger partial charge in [-0.15, -0.1) is 0 Å². The van der Waals surface area contributed by atoms with Gasteiger partial charge in [0.2, 0.25) is 0 Å². The molecule has 3 aromatic rings. The molecule has 4 heterocycles. The Morgan fingerprint density at radius 3 is 2.74 bits per heavy atom. The predicted octanol–water partition coefficient (Wildman–Crippen LogP) is 5.66. The number of anilines is 3. The summed E-state index contributed by atoms with van der Waals surface area (Å²) >= 11 is 11.9. The number of halogens is 3. The van der Waals surface area contributed by atoms with Gasteiger partial charge in [-0.1, -0.05) is 23.2 Å². The van der Waals surface area contributed by atoms with Gasteiger partial charge in [-0.2, -0.15) is 0 Å². The fourth-order valence-corrected chi connectivity index (χ4v) is 4.96. The largest absolute Gasteiger partial charge is 0.444 e. The second-order valence-electron chi connectivity index (χ2n) is 9.80. The molecule has 0 spiro atoms. The van der Waals surface area contributed by atoms with Crippen molar-refractivity contribution in [3.05, 3.63) is 46.5 Å². The summed E-state index contributed by atoms with van der Waals surface area (Å²) in [5, 5.41) is 2.94. The highest BCUT2D eigenvalue weighted by Crippen LogP contribution is 2.36. The van der Waals surface area contributed by atoms with E-state index in [1.807, 2.05) is 32.9 Å². The lowest BCUT2D eigenvalue weighted by atomic mass is 10.1. The number of rotatable bonds is 3. The molecule has 1 N–H and O–H groups in total. The molecule has 2 saturated heterocycles. The Morgan fingerprint density at radius 1 is 1.17 bits per heavy atom. The molecule has 2 aliphatic rings. The topological polar surface area (TPSA) is 83.5 Å². The number of likely N-dealkylation sites (tertiary alicyclic amines) is 1. The Labute approximate surface area is 212 Å². The predicted molar refractivity (Wildman–Crippen MR) is 134 cm³/mol. The fourth-order valence-electron chi connectivity index (χ4n) is 4.65. The summed E-state index contributed by atoms with van der Waals surface area (Å²) in [5.41, 5.74) is 0.716. The first-order valence-corrected chi connectivity index (χ1v) is 12.1. The van der Waals surface area contributed by atoms with E-state index in [0.717, 1.165) is 18.8 Å². The van der Waals surface area contributed by atoms with Crippen LogP contribution >= 0.6 is 23.2 Å². The molecule has 2 aromatic heterocycles. The van der Waals surface area contributed by atoms with Crippen molar-refractivity contribution in [1.29, 1.82) is 0 Å². The Hall–Kier alpha value is -2.91. The number of aromatic nitrogens is 3. The molecular weight excluding hydrogens is 494 g/mol. The molecule has 184 valence electrons. The van der Waals surface area contributed by atoms with Crippen LogP contribution in [0.15, 0.2) is 30.6 Å². The Bertz CT molecular complexity index is 1300. The standard InChI is InChI=1S/C24H25Cl2FN6O2/c1-24(2,3)35-23(34)32-10-13-8-9-33(17(13)11-32)18-7-6-16-21(31-18)22(29-12-28-16)30-15-5-4-14(25)19(26)20(15)27/h4-7,12-13,17H,8-11H2,1-3H3,(H,28,29,30). The van der Waals surface area contributed by atoms with E-state index in [1.165, 1.54) is 18.5 Å². The summed E-state index contributed by atoms with van der Waals surface area (Å²) in [4.78, 5) is 30.0.